The standard InChI is InChI=1S/C23H29N7O5/c1-3-17(26-22(24)25)19(21(32)33)28-20(31)18(13-14-7-5-4-6-8-14)27-23(34)30-29-15-9-11-16(35-2)12-10-15/h4-12,17-19H,3,13H2,1-2H3,(H,27,34)(H,28,31)(H,32,33)(H4,24,25,26). The second-order valence-electron chi connectivity index (χ2n) is 7.44. The number of methoxy groups -OCH3 is 1. The quantitative estimate of drug-likeness (QED) is 0.182. The molecule has 12 nitrogen and oxygen atoms in total. The van der Waals surface area contributed by atoms with Crippen LogP contribution in [-0.4, -0.2) is 54.2 Å². The molecular formula is C23H29N7O5. The van der Waals surface area contributed by atoms with Crippen molar-refractivity contribution in [1.29, 1.82) is 0 Å². The molecule has 0 spiro atoms. The van der Waals surface area contributed by atoms with Gasteiger partial charge in [-0.2, -0.15) is 0 Å². The van der Waals surface area contributed by atoms with Crippen molar-refractivity contribution in [1.82, 2.24) is 10.6 Å². The minimum absolute atomic E-state index is 0.0852. The van der Waals surface area contributed by atoms with Crippen LogP contribution in [0.2, 0.25) is 0 Å². The Morgan fingerprint density at radius 2 is 1.69 bits per heavy atom. The van der Waals surface area contributed by atoms with Crippen LogP contribution in [0.3, 0.4) is 0 Å². The number of hydrogen-bond acceptors (Lipinski definition) is 6. The van der Waals surface area contributed by atoms with Crippen molar-refractivity contribution in [2.45, 2.75) is 37.9 Å². The highest BCUT2D eigenvalue weighted by Crippen LogP contribution is 2.18. The highest BCUT2D eigenvalue weighted by Gasteiger charge is 2.32. The topological polar surface area (TPSA) is 194 Å². The SMILES string of the molecule is CCC(N=C(N)N)C(NC(=O)C(Cc1ccccc1)NC(=O)N=Nc1ccc(OC)cc1)C(=O)O. The summed E-state index contributed by atoms with van der Waals surface area (Å²) in [5.41, 5.74) is 11.9. The molecule has 0 aromatic heterocycles. The number of carbonyl (C=O) groups excluding carboxylic acids is 2. The number of aliphatic carboxylic acids is 1. The number of azo groups is 1. The molecule has 2 aromatic carbocycles. The number of nitrogens with one attached hydrogen (secondary N) is 2. The molecule has 0 bridgehead atoms. The number of nitrogens with two attached hydrogens (primary N) is 2. The van der Waals surface area contributed by atoms with E-state index in [2.05, 4.69) is 25.9 Å². The summed E-state index contributed by atoms with van der Waals surface area (Å²) in [6, 6.07) is 11.1. The number of carboxylic acids is 1. The third kappa shape index (κ3) is 8.76. The number of carbonyl (C=O) groups is 3. The van der Waals surface area contributed by atoms with Crippen molar-refractivity contribution in [3.8, 4) is 5.75 Å². The first-order valence-electron chi connectivity index (χ1n) is 10.8. The zero-order chi connectivity index (χ0) is 25.8. The third-order valence-electron chi connectivity index (χ3n) is 4.91. The van der Waals surface area contributed by atoms with Gasteiger partial charge in [-0.3, -0.25) is 4.79 Å². The lowest BCUT2D eigenvalue weighted by atomic mass is 10.0. The maximum absolute atomic E-state index is 13.1. The fraction of sp³-hybridized carbons (Fsp3) is 0.304. The molecule has 3 atom stereocenters. The Morgan fingerprint density at radius 1 is 1.03 bits per heavy atom. The summed E-state index contributed by atoms with van der Waals surface area (Å²) in [6.45, 7) is 1.68. The smallest absolute Gasteiger partial charge is 0.360 e. The predicted molar refractivity (Wildman–Crippen MR) is 129 cm³/mol. The summed E-state index contributed by atoms with van der Waals surface area (Å²) in [6.07, 6.45) is 0.336. The molecule has 0 aliphatic rings. The van der Waals surface area contributed by atoms with E-state index in [4.69, 9.17) is 16.2 Å². The van der Waals surface area contributed by atoms with Crippen LogP contribution in [0.1, 0.15) is 18.9 Å². The van der Waals surface area contributed by atoms with Gasteiger partial charge in [-0.25, -0.2) is 14.6 Å². The van der Waals surface area contributed by atoms with Crippen LogP contribution in [0.25, 0.3) is 0 Å². The minimum atomic E-state index is -1.41. The van der Waals surface area contributed by atoms with Gasteiger partial charge in [0.1, 0.15) is 17.8 Å². The molecule has 3 amide bonds. The maximum atomic E-state index is 13.1. The fourth-order valence-corrected chi connectivity index (χ4v) is 3.16. The number of aliphatic imine (C=N–C) groups is 1. The van der Waals surface area contributed by atoms with Crippen molar-refractivity contribution < 1.29 is 24.2 Å². The molecule has 7 N–H and O–H groups in total. The monoisotopic (exact) mass is 483 g/mol. The number of benzene rings is 2. The highest BCUT2D eigenvalue weighted by molar-refractivity contribution is 5.91. The first-order valence-corrected chi connectivity index (χ1v) is 10.8. The van der Waals surface area contributed by atoms with Gasteiger partial charge in [0.05, 0.1) is 18.8 Å². The summed E-state index contributed by atoms with van der Waals surface area (Å²) in [4.78, 5) is 41.2. The van der Waals surface area contributed by atoms with Gasteiger partial charge in [0.2, 0.25) is 5.91 Å². The van der Waals surface area contributed by atoms with Gasteiger partial charge in [0.15, 0.2) is 5.96 Å². The number of ether oxygens (including phenoxy) is 1. The van der Waals surface area contributed by atoms with Crippen LogP contribution in [0.15, 0.2) is 69.8 Å². The van der Waals surface area contributed by atoms with Crippen LogP contribution >= 0.6 is 0 Å². The summed E-state index contributed by atoms with van der Waals surface area (Å²) in [5, 5.41) is 22.0. The molecule has 2 aromatic rings. The molecule has 0 radical (unpaired) electrons. The summed E-state index contributed by atoms with van der Waals surface area (Å²) < 4.78 is 5.07. The Hall–Kier alpha value is -4.48. The number of hydrogen-bond donors (Lipinski definition) is 5. The number of carboxylic acid groups (broad SMARTS) is 1. The third-order valence-corrected chi connectivity index (χ3v) is 4.91. The van der Waals surface area contributed by atoms with E-state index in [-0.39, 0.29) is 18.8 Å². The normalized spacial score (nSPS) is 13.3. The van der Waals surface area contributed by atoms with E-state index >= 15 is 0 Å². The average Bonchev–Trinajstić information content (AvgIpc) is 2.84. The molecule has 2 rings (SSSR count). The van der Waals surface area contributed by atoms with Crippen LogP contribution in [0, 0.1) is 0 Å². The molecular weight excluding hydrogens is 454 g/mol. The lowest BCUT2D eigenvalue weighted by molar-refractivity contribution is -0.142. The number of nitrogens with zero attached hydrogens (tertiary/aromatic N) is 3. The number of amides is 3. The van der Waals surface area contributed by atoms with E-state index in [0.717, 1.165) is 5.56 Å². The van der Waals surface area contributed by atoms with Crippen molar-refractivity contribution in [2.24, 2.45) is 26.7 Å². The van der Waals surface area contributed by atoms with E-state index in [1.165, 1.54) is 7.11 Å². The van der Waals surface area contributed by atoms with E-state index in [9.17, 15) is 19.5 Å². The molecule has 3 unspecified atom stereocenters. The van der Waals surface area contributed by atoms with Crippen molar-refractivity contribution >= 4 is 29.6 Å². The van der Waals surface area contributed by atoms with Crippen molar-refractivity contribution in [2.75, 3.05) is 7.11 Å². The Morgan fingerprint density at radius 3 is 2.23 bits per heavy atom. The number of urea groups is 1. The van der Waals surface area contributed by atoms with E-state index in [0.29, 0.717) is 11.4 Å². The van der Waals surface area contributed by atoms with Gasteiger partial charge < -0.3 is 31.9 Å². The van der Waals surface area contributed by atoms with Gasteiger partial charge in [-0.1, -0.05) is 42.4 Å². The largest absolute Gasteiger partial charge is 0.497 e. The Balaban J connectivity index is 2.20. The maximum Gasteiger partial charge on any atom is 0.360 e. The molecule has 0 aliphatic carbocycles. The second kappa shape index (κ2) is 13.3. The fourth-order valence-electron chi connectivity index (χ4n) is 3.16. The van der Waals surface area contributed by atoms with Crippen LogP contribution < -0.4 is 26.8 Å². The van der Waals surface area contributed by atoms with Gasteiger partial charge in [0.25, 0.3) is 0 Å². The predicted octanol–water partition coefficient (Wildman–Crippen LogP) is 1.72. The zero-order valence-electron chi connectivity index (χ0n) is 19.4. The first-order chi connectivity index (χ1) is 16.7. The molecule has 0 saturated carbocycles. The molecule has 0 heterocycles. The molecule has 0 saturated heterocycles. The summed E-state index contributed by atoms with van der Waals surface area (Å²) in [5.74, 6) is -1.74. The van der Waals surface area contributed by atoms with Crippen molar-refractivity contribution in [3.63, 3.8) is 0 Å². The summed E-state index contributed by atoms with van der Waals surface area (Å²) >= 11 is 0. The van der Waals surface area contributed by atoms with E-state index in [1.807, 2.05) is 6.07 Å². The average molecular weight is 484 g/mol. The van der Waals surface area contributed by atoms with Crippen LogP contribution in [0.5, 0.6) is 5.75 Å². The zero-order valence-corrected chi connectivity index (χ0v) is 19.4. The van der Waals surface area contributed by atoms with Crippen molar-refractivity contribution in [3.05, 3.63) is 60.2 Å². The Bertz CT molecular complexity index is 1050. The molecule has 12 heteroatoms. The van der Waals surface area contributed by atoms with E-state index < -0.39 is 36.0 Å². The first kappa shape index (κ1) is 26.8. The van der Waals surface area contributed by atoms with Crippen LogP contribution in [0.4, 0.5) is 10.5 Å². The van der Waals surface area contributed by atoms with Gasteiger partial charge in [-0.15, -0.1) is 5.11 Å². The molecule has 0 aliphatic heterocycles. The van der Waals surface area contributed by atoms with E-state index in [1.54, 1.807) is 55.5 Å². The molecule has 35 heavy (non-hydrogen) atoms. The van der Waals surface area contributed by atoms with Gasteiger partial charge in [0, 0.05) is 6.42 Å². The van der Waals surface area contributed by atoms with Gasteiger partial charge >= 0.3 is 12.0 Å². The highest BCUT2D eigenvalue weighted by atomic mass is 16.5. The second-order valence-corrected chi connectivity index (χ2v) is 7.44. The van der Waals surface area contributed by atoms with Crippen LogP contribution in [-0.2, 0) is 16.0 Å². The lowest BCUT2D eigenvalue weighted by Gasteiger charge is -2.24. The number of guanidine groups is 1. The lowest BCUT2D eigenvalue weighted by Crippen LogP contribution is -2.55. The minimum Gasteiger partial charge on any atom is -0.497 e. The number of rotatable bonds is 11. The Kier molecular flexibility index (Phi) is 10.2. The molecule has 186 valence electrons. The van der Waals surface area contributed by atoms with Gasteiger partial charge in [-0.05, 0) is 36.2 Å². The summed E-state index contributed by atoms with van der Waals surface area (Å²) in [7, 11) is 1.52. The Labute approximate surface area is 202 Å². The molecule has 0 fully saturated rings.